The second-order valence-corrected chi connectivity index (χ2v) is 3.15. The van der Waals surface area contributed by atoms with Gasteiger partial charge < -0.3 is 9.84 Å². The Kier molecular flexibility index (Phi) is 2.13. The number of nitrogens with zero attached hydrogens (tertiary/aromatic N) is 2. The summed E-state index contributed by atoms with van der Waals surface area (Å²) in [5, 5.41) is 14.2. The third-order valence-electron chi connectivity index (χ3n) is 2.32. The van der Waals surface area contributed by atoms with Gasteiger partial charge in [-0.05, 0) is 6.07 Å². The zero-order chi connectivity index (χ0) is 10.1. The first-order valence-electron chi connectivity index (χ1n) is 4.35. The highest BCUT2D eigenvalue weighted by atomic mass is 16.5. The molecule has 0 saturated carbocycles. The molecule has 4 heteroatoms. The van der Waals surface area contributed by atoms with E-state index in [4.69, 9.17) is 9.84 Å². The van der Waals surface area contributed by atoms with Crippen molar-refractivity contribution < 1.29 is 9.84 Å². The van der Waals surface area contributed by atoms with E-state index in [2.05, 4.69) is 5.10 Å². The van der Waals surface area contributed by atoms with Crippen LogP contribution in [0.5, 0.6) is 5.75 Å². The Bertz CT molecular complexity index is 462. The molecule has 1 N–H and O–H groups in total. The van der Waals surface area contributed by atoms with Crippen LogP contribution < -0.4 is 4.74 Å². The number of hydrogen-bond acceptors (Lipinski definition) is 3. The number of benzene rings is 1. The van der Waals surface area contributed by atoms with E-state index in [1.807, 2.05) is 19.2 Å². The predicted octanol–water partition coefficient (Wildman–Crippen LogP) is 1.07. The van der Waals surface area contributed by atoms with Gasteiger partial charge in [0.25, 0.3) is 0 Å². The molecule has 0 spiro atoms. The summed E-state index contributed by atoms with van der Waals surface area (Å²) in [5.74, 6) is 0.698. The minimum Gasteiger partial charge on any atom is -0.496 e. The van der Waals surface area contributed by atoms with E-state index < -0.39 is 0 Å². The molecule has 0 atom stereocenters. The SMILES string of the molecule is COc1cc2c(cnn2C)cc1CO. The molecule has 2 aromatic rings. The average Bonchev–Trinajstić information content (AvgIpc) is 2.58. The fourth-order valence-electron chi connectivity index (χ4n) is 1.54. The normalized spacial score (nSPS) is 10.8. The molecule has 2 rings (SSSR count). The number of ether oxygens (including phenoxy) is 1. The second kappa shape index (κ2) is 3.31. The van der Waals surface area contributed by atoms with Crippen LogP contribution in [0.1, 0.15) is 5.56 Å². The van der Waals surface area contributed by atoms with Crippen molar-refractivity contribution in [2.45, 2.75) is 6.61 Å². The summed E-state index contributed by atoms with van der Waals surface area (Å²) in [6.45, 7) is -0.0198. The number of hydrogen-bond donors (Lipinski definition) is 1. The van der Waals surface area contributed by atoms with Gasteiger partial charge in [-0.1, -0.05) is 0 Å². The Morgan fingerprint density at radius 3 is 2.93 bits per heavy atom. The van der Waals surface area contributed by atoms with Crippen molar-refractivity contribution >= 4 is 10.9 Å². The quantitative estimate of drug-likeness (QED) is 0.774. The van der Waals surface area contributed by atoms with Crippen LogP contribution in [0, 0.1) is 0 Å². The minimum atomic E-state index is -0.0198. The number of aromatic nitrogens is 2. The van der Waals surface area contributed by atoms with E-state index >= 15 is 0 Å². The predicted molar refractivity (Wildman–Crippen MR) is 53.2 cm³/mol. The van der Waals surface area contributed by atoms with Gasteiger partial charge in [0.2, 0.25) is 0 Å². The van der Waals surface area contributed by atoms with E-state index in [1.54, 1.807) is 18.0 Å². The highest BCUT2D eigenvalue weighted by Gasteiger charge is 2.06. The number of aliphatic hydroxyl groups is 1. The molecule has 0 fully saturated rings. The van der Waals surface area contributed by atoms with Crippen molar-refractivity contribution in [1.29, 1.82) is 0 Å². The van der Waals surface area contributed by atoms with Crippen LogP contribution in [0.15, 0.2) is 18.3 Å². The molecule has 0 unspecified atom stereocenters. The van der Waals surface area contributed by atoms with Gasteiger partial charge in [-0.2, -0.15) is 5.10 Å². The maximum Gasteiger partial charge on any atom is 0.126 e. The summed E-state index contributed by atoms with van der Waals surface area (Å²) < 4.78 is 6.94. The van der Waals surface area contributed by atoms with Gasteiger partial charge in [0, 0.05) is 24.1 Å². The highest BCUT2D eigenvalue weighted by Crippen LogP contribution is 2.25. The Balaban J connectivity index is 2.71. The minimum absolute atomic E-state index is 0.0198. The fourth-order valence-corrected chi connectivity index (χ4v) is 1.54. The fraction of sp³-hybridized carbons (Fsp3) is 0.300. The topological polar surface area (TPSA) is 47.3 Å². The summed E-state index contributed by atoms with van der Waals surface area (Å²) in [4.78, 5) is 0. The van der Waals surface area contributed by atoms with E-state index in [0.717, 1.165) is 16.5 Å². The zero-order valence-corrected chi connectivity index (χ0v) is 8.19. The lowest BCUT2D eigenvalue weighted by molar-refractivity contribution is 0.274. The summed E-state index contributed by atoms with van der Waals surface area (Å²) in [6, 6.07) is 3.77. The van der Waals surface area contributed by atoms with E-state index in [0.29, 0.717) is 5.75 Å². The molecule has 0 aliphatic carbocycles. The molecular formula is C10H12N2O2. The summed E-state index contributed by atoms with van der Waals surface area (Å²) >= 11 is 0. The molecule has 1 heterocycles. The Morgan fingerprint density at radius 2 is 2.29 bits per heavy atom. The van der Waals surface area contributed by atoms with Crippen molar-refractivity contribution in [1.82, 2.24) is 9.78 Å². The molecular weight excluding hydrogens is 180 g/mol. The molecule has 1 aromatic heterocycles. The molecule has 14 heavy (non-hydrogen) atoms. The molecule has 0 radical (unpaired) electrons. The van der Waals surface area contributed by atoms with Crippen molar-refractivity contribution in [2.75, 3.05) is 7.11 Å². The molecule has 1 aromatic carbocycles. The summed E-state index contributed by atoms with van der Waals surface area (Å²) in [6.07, 6.45) is 1.77. The van der Waals surface area contributed by atoms with Crippen molar-refractivity contribution in [3.63, 3.8) is 0 Å². The third kappa shape index (κ3) is 1.24. The third-order valence-corrected chi connectivity index (χ3v) is 2.32. The molecule has 0 aliphatic rings. The Morgan fingerprint density at radius 1 is 1.50 bits per heavy atom. The van der Waals surface area contributed by atoms with Crippen molar-refractivity contribution in [3.05, 3.63) is 23.9 Å². The monoisotopic (exact) mass is 192 g/mol. The van der Waals surface area contributed by atoms with Gasteiger partial charge in [0.05, 0.1) is 25.4 Å². The molecule has 0 aliphatic heterocycles. The lowest BCUT2D eigenvalue weighted by atomic mass is 10.1. The van der Waals surface area contributed by atoms with Crippen LogP contribution >= 0.6 is 0 Å². The van der Waals surface area contributed by atoms with Gasteiger partial charge in [-0.3, -0.25) is 4.68 Å². The summed E-state index contributed by atoms with van der Waals surface area (Å²) in [7, 11) is 3.47. The van der Waals surface area contributed by atoms with Crippen LogP contribution in [0.2, 0.25) is 0 Å². The molecule has 74 valence electrons. The number of aliphatic hydroxyl groups excluding tert-OH is 1. The number of fused-ring (bicyclic) bond motifs is 1. The zero-order valence-electron chi connectivity index (χ0n) is 8.19. The summed E-state index contributed by atoms with van der Waals surface area (Å²) in [5.41, 5.74) is 1.78. The van der Waals surface area contributed by atoms with Gasteiger partial charge in [-0.15, -0.1) is 0 Å². The average molecular weight is 192 g/mol. The van der Waals surface area contributed by atoms with Crippen molar-refractivity contribution in [3.8, 4) is 5.75 Å². The Hall–Kier alpha value is -1.55. The van der Waals surface area contributed by atoms with E-state index in [9.17, 15) is 0 Å². The maximum absolute atomic E-state index is 9.11. The van der Waals surface area contributed by atoms with E-state index in [-0.39, 0.29) is 6.61 Å². The standard InChI is InChI=1S/C10H12N2O2/c1-12-9-4-10(14-2)8(6-13)3-7(9)5-11-12/h3-5,13H,6H2,1-2H3. The van der Waals surface area contributed by atoms with Gasteiger partial charge in [-0.25, -0.2) is 0 Å². The first-order valence-corrected chi connectivity index (χ1v) is 4.35. The molecule has 0 amide bonds. The second-order valence-electron chi connectivity index (χ2n) is 3.15. The Labute approximate surface area is 81.7 Å². The van der Waals surface area contributed by atoms with E-state index in [1.165, 1.54) is 0 Å². The van der Waals surface area contributed by atoms with Gasteiger partial charge >= 0.3 is 0 Å². The highest BCUT2D eigenvalue weighted by molar-refractivity contribution is 5.81. The van der Waals surface area contributed by atoms with Crippen LogP contribution in [-0.4, -0.2) is 22.0 Å². The van der Waals surface area contributed by atoms with Crippen LogP contribution in [-0.2, 0) is 13.7 Å². The lowest BCUT2D eigenvalue weighted by Gasteiger charge is -2.06. The van der Waals surface area contributed by atoms with Gasteiger partial charge in [0.1, 0.15) is 5.75 Å². The van der Waals surface area contributed by atoms with Crippen LogP contribution in [0.25, 0.3) is 10.9 Å². The van der Waals surface area contributed by atoms with Gasteiger partial charge in [0.15, 0.2) is 0 Å². The first-order chi connectivity index (χ1) is 6.76. The maximum atomic E-state index is 9.11. The number of aryl methyl sites for hydroxylation is 1. The number of rotatable bonds is 2. The lowest BCUT2D eigenvalue weighted by Crippen LogP contribution is -1.94. The van der Waals surface area contributed by atoms with Crippen LogP contribution in [0.4, 0.5) is 0 Å². The van der Waals surface area contributed by atoms with Crippen LogP contribution in [0.3, 0.4) is 0 Å². The largest absolute Gasteiger partial charge is 0.496 e. The smallest absolute Gasteiger partial charge is 0.126 e. The molecule has 0 bridgehead atoms. The number of methoxy groups -OCH3 is 1. The molecule has 4 nitrogen and oxygen atoms in total. The first kappa shape index (κ1) is 9.02. The van der Waals surface area contributed by atoms with Crippen molar-refractivity contribution in [2.24, 2.45) is 7.05 Å². The molecule has 0 saturated heterocycles.